The molecule has 0 bridgehead atoms. The fraction of sp³-hybridized carbons (Fsp3) is 0.429. The molecule has 0 unspecified atom stereocenters. The second-order valence-electron chi connectivity index (χ2n) is 7.29. The summed E-state index contributed by atoms with van der Waals surface area (Å²) in [5.74, 6) is -0.445. The Balaban J connectivity index is 1.62. The topological polar surface area (TPSA) is 44.7 Å². The van der Waals surface area contributed by atoms with Crippen LogP contribution in [0.4, 0.5) is 17.6 Å². The van der Waals surface area contributed by atoms with Crippen molar-refractivity contribution in [2.75, 3.05) is 20.2 Å². The maximum Gasteiger partial charge on any atom is 0.573 e. The number of benzene rings is 2. The predicted octanol–water partition coefficient (Wildman–Crippen LogP) is 3.87. The number of likely N-dealkylation sites (N-methyl/N-ethyl adjacent to an activating group) is 1. The number of ether oxygens (including phenoxy) is 1. The highest BCUT2D eigenvalue weighted by Gasteiger charge is 2.40. The summed E-state index contributed by atoms with van der Waals surface area (Å²) in [7, 11) is 1.89. The number of hydrogen-bond donors (Lipinski definition) is 2. The Bertz CT molecular complexity index is 798. The molecule has 2 aromatic rings. The minimum absolute atomic E-state index is 0.00137. The molecule has 158 valence electrons. The first-order valence-electron chi connectivity index (χ1n) is 9.41. The summed E-state index contributed by atoms with van der Waals surface area (Å²) in [4.78, 5) is 2.01. The van der Waals surface area contributed by atoms with Crippen LogP contribution >= 0.6 is 0 Å². The van der Waals surface area contributed by atoms with Gasteiger partial charge in [-0.15, -0.1) is 13.2 Å². The van der Waals surface area contributed by atoms with Crippen molar-refractivity contribution in [2.45, 2.75) is 31.4 Å². The lowest BCUT2D eigenvalue weighted by molar-refractivity contribution is -0.274. The van der Waals surface area contributed by atoms with Crippen LogP contribution in [-0.4, -0.2) is 42.6 Å². The number of hydrogen-bond acceptors (Lipinski definition) is 4. The molecule has 1 saturated heterocycles. The van der Waals surface area contributed by atoms with Gasteiger partial charge in [-0.1, -0.05) is 30.3 Å². The third kappa shape index (κ3) is 5.46. The van der Waals surface area contributed by atoms with Crippen molar-refractivity contribution in [3.63, 3.8) is 0 Å². The van der Waals surface area contributed by atoms with E-state index >= 15 is 0 Å². The molecule has 0 aliphatic carbocycles. The van der Waals surface area contributed by atoms with Crippen molar-refractivity contribution in [3.05, 3.63) is 65.5 Å². The minimum atomic E-state index is -4.71. The average molecular weight is 412 g/mol. The number of likely N-dealkylation sites (tertiary alicyclic amines) is 1. The van der Waals surface area contributed by atoms with Gasteiger partial charge >= 0.3 is 6.36 Å². The monoisotopic (exact) mass is 412 g/mol. The van der Waals surface area contributed by atoms with Crippen molar-refractivity contribution in [1.29, 1.82) is 0 Å². The van der Waals surface area contributed by atoms with Gasteiger partial charge in [0.1, 0.15) is 11.6 Å². The number of aliphatic hydroxyl groups excluding tert-OH is 1. The van der Waals surface area contributed by atoms with Gasteiger partial charge in [-0.05, 0) is 43.1 Å². The van der Waals surface area contributed by atoms with Crippen LogP contribution in [0.15, 0.2) is 48.5 Å². The molecular formula is C21H24F4N2O2. The first-order valence-corrected chi connectivity index (χ1v) is 9.41. The zero-order chi connectivity index (χ0) is 21.0. The van der Waals surface area contributed by atoms with Gasteiger partial charge in [0.15, 0.2) is 0 Å². The molecule has 2 N–H and O–H groups in total. The quantitative estimate of drug-likeness (QED) is 0.678. The second kappa shape index (κ2) is 9.11. The molecule has 0 saturated carbocycles. The highest BCUT2D eigenvalue weighted by atomic mass is 19.4. The maximum atomic E-state index is 14.4. The molecule has 1 fully saturated rings. The minimum Gasteiger partial charge on any atom is -0.406 e. The van der Waals surface area contributed by atoms with Crippen LogP contribution in [-0.2, 0) is 6.54 Å². The van der Waals surface area contributed by atoms with Crippen LogP contribution in [0.1, 0.15) is 23.6 Å². The van der Waals surface area contributed by atoms with E-state index in [9.17, 15) is 22.7 Å². The molecule has 1 aliphatic heterocycles. The number of nitrogens with zero attached hydrogens (tertiary/aromatic N) is 1. The first kappa shape index (κ1) is 21.5. The van der Waals surface area contributed by atoms with Crippen LogP contribution in [0.3, 0.4) is 0 Å². The fourth-order valence-electron chi connectivity index (χ4n) is 4.00. The number of nitrogens with one attached hydrogen (secondary N) is 1. The Labute approximate surface area is 167 Å². The zero-order valence-corrected chi connectivity index (χ0v) is 16.0. The number of halogens is 4. The molecule has 1 heterocycles. The van der Waals surface area contributed by atoms with E-state index in [1.54, 1.807) is 30.3 Å². The van der Waals surface area contributed by atoms with Crippen LogP contribution < -0.4 is 10.1 Å². The molecular weight excluding hydrogens is 388 g/mol. The Morgan fingerprint density at radius 2 is 1.83 bits per heavy atom. The number of aliphatic hydroxyl groups is 1. The molecule has 0 radical (unpaired) electrons. The highest BCUT2D eigenvalue weighted by Crippen LogP contribution is 2.40. The smallest absolute Gasteiger partial charge is 0.406 e. The molecule has 4 nitrogen and oxygen atoms in total. The summed E-state index contributed by atoms with van der Waals surface area (Å²) in [5.41, 5.74) is 1.42. The number of alkyl halides is 3. The van der Waals surface area contributed by atoms with Gasteiger partial charge in [0.25, 0.3) is 0 Å². The molecule has 3 atom stereocenters. The Hall–Kier alpha value is -2.16. The molecule has 8 heteroatoms. The maximum absolute atomic E-state index is 14.4. The van der Waals surface area contributed by atoms with Crippen LogP contribution in [0.2, 0.25) is 0 Å². The SMILES string of the molecule is CN1[C@H](CO)C[C@H](CNCc2ccc(OC(F)(F)F)cc2)[C@@H]1c1ccccc1F. The van der Waals surface area contributed by atoms with Crippen molar-refractivity contribution in [1.82, 2.24) is 10.2 Å². The third-order valence-electron chi connectivity index (χ3n) is 5.36. The summed E-state index contributed by atoms with van der Waals surface area (Å²) in [5, 5.41) is 13.0. The van der Waals surface area contributed by atoms with Crippen molar-refractivity contribution >= 4 is 0 Å². The van der Waals surface area contributed by atoms with E-state index in [-0.39, 0.29) is 36.2 Å². The molecule has 1 aliphatic rings. The van der Waals surface area contributed by atoms with Crippen LogP contribution in [0.25, 0.3) is 0 Å². The lowest BCUT2D eigenvalue weighted by Gasteiger charge is -2.28. The van der Waals surface area contributed by atoms with Crippen molar-refractivity contribution < 1.29 is 27.4 Å². The normalized spacial score (nSPS) is 22.8. The van der Waals surface area contributed by atoms with E-state index < -0.39 is 6.36 Å². The van der Waals surface area contributed by atoms with E-state index in [0.29, 0.717) is 18.7 Å². The van der Waals surface area contributed by atoms with Gasteiger partial charge in [-0.25, -0.2) is 4.39 Å². The van der Waals surface area contributed by atoms with E-state index in [0.717, 1.165) is 12.0 Å². The lowest BCUT2D eigenvalue weighted by Crippen LogP contribution is -2.32. The average Bonchev–Trinajstić information content (AvgIpc) is 2.98. The molecule has 0 amide bonds. The summed E-state index contributed by atoms with van der Waals surface area (Å²) >= 11 is 0. The standard InChI is InChI=1S/C21H24F4N2O2/c1-27-16(13-28)10-15(20(27)18-4-2-3-5-19(18)22)12-26-11-14-6-8-17(9-7-14)29-21(23,24)25/h2-9,15-16,20,26,28H,10-13H2,1H3/t15-,16+,20-/m1/s1. The highest BCUT2D eigenvalue weighted by molar-refractivity contribution is 5.27. The Kier molecular flexibility index (Phi) is 6.77. The van der Waals surface area contributed by atoms with Crippen molar-refractivity contribution in [3.8, 4) is 5.75 Å². The zero-order valence-electron chi connectivity index (χ0n) is 16.0. The van der Waals surface area contributed by atoms with Gasteiger partial charge in [-0.3, -0.25) is 4.90 Å². The fourth-order valence-corrected chi connectivity index (χ4v) is 4.00. The first-order chi connectivity index (χ1) is 13.8. The summed E-state index contributed by atoms with van der Waals surface area (Å²) in [6.45, 7) is 1.04. The molecule has 3 rings (SSSR count). The second-order valence-corrected chi connectivity index (χ2v) is 7.29. The predicted molar refractivity (Wildman–Crippen MR) is 101 cm³/mol. The Morgan fingerprint density at radius 3 is 2.45 bits per heavy atom. The molecule has 2 aromatic carbocycles. The van der Waals surface area contributed by atoms with E-state index in [1.807, 2.05) is 11.9 Å². The van der Waals surface area contributed by atoms with Gasteiger partial charge in [0.05, 0.1) is 6.61 Å². The number of rotatable bonds is 7. The largest absolute Gasteiger partial charge is 0.573 e. The Morgan fingerprint density at radius 1 is 1.14 bits per heavy atom. The van der Waals surface area contributed by atoms with Crippen LogP contribution in [0.5, 0.6) is 5.75 Å². The molecule has 0 spiro atoms. The van der Waals surface area contributed by atoms with Gasteiger partial charge in [0, 0.05) is 30.7 Å². The van der Waals surface area contributed by atoms with Crippen LogP contribution in [0, 0.1) is 11.7 Å². The van der Waals surface area contributed by atoms with E-state index in [2.05, 4.69) is 10.1 Å². The van der Waals surface area contributed by atoms with Gasteiger partial charge in [0.2, 0.25) is 0 Å². The molecule has 0 aromatic heterocycles. The molecule has 29 heavy (non-hydrogen) atoms. The summed E-state index contributed by atoms with van der Waals surface area (Å²) < 4.78 is 54.9. The van der Waals surface area contributed by atoms with Gasteiger partial charge < -0.3 is 15.2 Å². The lowest BCUT2D eigenvalue weighted by atomic mass is 9.92. The van der Waals surface area contributed by atoms with Gasteiger partial charge in [-0.2, -0.15) is 0 Å². The van der Waals surface area contributed by atoms with Crippen molar-refractivity contribution in [2.24, 2.45) is 5.92 Å². The summed E-state index contributed by atoms with van der Waals surface area (Å²) in [6, 6.07) is 12.1. The van der Waals surface area contributed by atoms with E-state index in [4.69, 9.17) is 0 Å². The third-order valence-corrected chi connectivity index (χ3v) is 5.36. The van der Waals surface area contributed by atoms with E-state index in [1.165, 1.54) is 18.2 Å². The summed E-state index contributed by atoms with van der Waals surface area (Å²) in [6.07, 6.45) is -3.99.